The Morgan fingerprint density at radius 3 is 2.82 bits per heavy atom. The fraction of sp³-hybridized carbons (Fsp3) is 0.357. The molecule has 1 aliphatic rings. The van der Waals surface area contributed by atoms with Crippen LogP contribution in [0.3, 0.4) is 0 Å². The van der Waals surface area contributed by atoms with Crippen molar-refractivity contribution < 1.29 is 9.90 Å². The van der Waals surface area contributed by atoms with Crippen LogP contribution in [-0.4, -0.2) is 24.2 Å². The highest BCUT2D eigenvalue weighted by molar-refractivity contribution is 5.70. The van der Waals surface area contributed by atoms with E-state index < -0.39 is 5.97 Å². The first kappa shape index (κ1) is 11.7. The number of carboxylic acid groups (broad SMARTS) is 1. The van der Waals surface area contributed by atoms with Gasteiger partial charge in [-0.2, -0.15) is 0 Å². The number of rotatable bonds is 4. The van der Waals surface area contributed by atoms with Gasteiger partial charge in [0.15, 0.2) is 0 Å². The van der Waals surface area contributed by atoms with Gasteiger partial charge in [0.25, 0.3) is 0 Å². The number of carboxylic acids is 1. The standard InChI is InChI=1S/C14H17NO2/c16-14(17)8-4-6-12-5-3-7-13(11-12)15-9-1-2-10-15/h3-7,11H,1-2,8-10H2,(H,16,17). The van der Waals surface area contributed by atoms with Crippen LogP contribution in [0.15, 0.2) is 30.3 Å². The molecule has 1 heterocycles. The van der Waals surface area contributed by atoms with E-state index in [0.717, 1.165) is 18.7 Å². The molecular formula is C14H17NO2. The molecule has 2 rings (SSSR count). The number of hydrogen-bond acceptors (Lipinski definition) is 2. The third kappa shape index (κ3) is 3.34. The van der Waals surface area contributed by atoms with E-state index in [1.165, 1.54) is 18.5 Å². The van der Waals surface area contributed by atoms with E-state index in [-0.39, 0.29) is 6.42 Å². The van der Waals surface area contributed by atoms with Gasteiger partial charge in [-0.05, 0) is 30.5 Å². The quantitative estimate of drug-likeness (QED) is 0.866. The second-order valence-corrected chi connectivity index (χ2v) is 4.29. The van der Waals surface area contributed by atoms with Crippen LogP contribution in [0, 0.1) is 0 Å². The van der Waals surface area contributed by atoms with Crippen molar-refractivity contribution in [2.45, 2.75) is 19.3 Å². The number of nitrogens with zero attached hydrogens (tertiary/aromatic N) is 1. The number of hydrogen-bond donors (Lipinski definition) is 1. The third-order valence-electron chi connectivity index (χ3n) is 2.94. The summed E-state index contributed by atoms with van der Waals surface area (Å²) in [6.07, 6.45) is 6.16. The molecule has 90 valence electrons. The topological polar surface area (TPSA) is 40.5 Å². The van der Waals surface area contributed by atoms with Crippen molar-refractivity contribution in [2.75, 3.05) is 18.0 Å². The predicted molar refractivity (Wildman–Crippen MR) is 69.2 cm³/mol. The van der Waals surface area contributed by atoms with Crippen LogP contribution in [0.5, 0.6) is 0 Å². The van der Waals surface area contributed by atoms with Gasteiger partial charge in [0, 0.05) is 18.8 Å². The summed E-state index contributed by atoms with van der Waals surface area (Å²) in [4.78, 5) is 12.8. The van der Waals surface area contributed by atoms with Crippen LogP contribution in [0.4, 0.5) is 5.69 Å². The zero-order valence-electron chi connectivity index (χ0n) is 9.80. The summed E-state index contributed by atoms with van der Waals surface area (Å²) in [5.74, 6) is -0.794. The SMILES string of the molecule is O=C(O)CC=Cc1cccc(N2CCCC2)c1. The summed E-state index contributed by atoms with van der Waals surface area (Å²) >= 11 is 0. The normalized spacial score (nSPS) is 15.6. The largest absolute Gasteiger partial charge is 0.481 e. The van der Waals surface area contributed by atoms with E-state index in [1.54, 1.807) is 6.08 Å². The van der Waals surface area contributed by atoms with E-state index in [2.05, 4.69) is 17.0 Å². The summed E-state index contributed by atoms with van der Waals surface area (Å²) < 4.78 is 0. The van der Waals surface area contributed by atoms with Crippen molar-refractivity contribution in [2.24, 2.45) is 0 Å². The van der Waals surface area contributed by atoms with Gasteiger partial charge in [-0.1, -0.05) is 24.3 Å². The molecule has 1 fully saturated rings. The first-order valence-corrected chi connectivity index (χ1v) is 5.99. The van der Waals surface area contributed by atoms with Gasteiger partial charge in [0.1, 0.15) is 0 Å². The minimum atomic E-state index is -0.794. The molecule has 0 saturated carbocycles. The van der Waals surface area contributed by atoms with Crippen molar-refractivity contribution in [3.63, 3.8) is 0 Å². The van der Waals surface area contributed by atoms with Gasteiger partial charge in [0.2, 0.25) is 0 Å². The minimum absolute atomic E-state index is 0.0773. The molecule has 0 aromatic heterocycles. The molecule has 0 radical (unpaired) electrons. The van der Waals surface area contributed by atoms with Gasteiger partial charge in [-0.15, -0.1) is 0 Å². The van der Waals surface area contributed by atoms with Gasteiger partial charge in [0.05, 0.1) is 6.42 Å². The Balaban J connectivity index is 2.05. The zero-order chi connectivity index (χ0) is 12.1. The van der Waals surface area contributed by atoms with Crippen LogP contribution in [0.1, 0.15) is 24.8 Å². The Labute approximate surface area is 101 Å². The molecule has 0 atom stereocenters. The molecule has 1 aliphatic heterocycles. The van der Waals surface area contributed by atoms with Crippen molar-refractivity contribution in [1.29, 1.82) is 0 Å². The first-order chi connectivity index (χ1) is 8.25. The number of aliphatic carboxylic acids is 1. The molecule has 3 nitrogen and oxygen atoms in total. The Bertz CT molecular complexity index is 420. The van der Waals surface area contributed by atoms with Crippen molar-refractivity contribution in [3.8, 4) is 0 Å². The van der Waals surface area contributed by atoms with Gasteiger partial charge >= 0.3 is 5.97 Å². The Hall–Kier alpha value is -1.77. The molecule has 17 heavy (non-hydrogen) atoms. The molecular weight excluding hydrogens is 214 g/mol. The number of carbonyl (C=O) groups is 1. The van der Waals surface area contributed by atoms with E-state index in [9.17, 15) is 4.79 Å². The lowest BCUT2D eigenvalue weighted by molar-refractivity contribution is -0.135. The number of anilines is 1. The smallest absolute Gasteiger partial charge is 0.307 e. The van der Waals surface area contributed by atoms with Crippen LogP contribution in [0.2, 0.25) is 0 Å². The lowest BCUT2D eigenvalue weighted by Gasteiger charge is -2.17. The lowest BCUT2D eigenvalue weighted by atomic mass is 10.1. The minimum Gasteiger partial charge on any atom is -0.481 e. The second-order valence-electron chi connectivity index (χ2n) is 4.29. The Kier molecular flexibility index (Phi) is 3.81. The van der Waals surface area contributed by atoms with Crippen LogP contribution >= 0.6 is 0 Å². The molecule has 0 spiro atoms. The Morgan fingerprint density at radius 2 is 2.12 bits per heavy atom. The molecule has 0 amide bonds. The summed E-state index contributed by atoms with van der Waals surface area (Å²) in [5.41, 5.74) is 2.30. The molecule has 1 N–H and O–H groups in total. The molecule has 0 bridgehead atoms. The zero-order valence-corrected chi connectivity index (χ0v) is 9.80. The van der Waals surface area contributed by atoms with E-state index >= 15 is 0 Å². The van der Waals surface area contributed by atoms with E-state index in [4.69, 9.17) is 5.11 Å². The highest BCUT2D eigenvalue weighted by Gasteiger charge is 2.11. The molecule has 0 unspecified atom stereocenters. The average molecular weight is 231 g/mol. The molecule has 1 saturated heterocycles. The van der Waals surface area contributed by atoms with Crippen LogP contribution in [-0.2, 0) is 4.79 Å². The monoisotopic (exact) mass is 231 g/mol. The fourth-order valence-corrected chi connectivity index (χ4v) is 2.10. The maximum Gasteiger partial charge on any atom is 0.307 e. The van der Waals surface area contributed by atoms with E-state index in [0.29, 0.717) is 0 Å². The summed E-state index contributed by atoms with van der Waals surface area (Å²) in [6, 6.07) is 8.25. The second kappa shape index (κ2) is 5.53. The van der Waals surface area contributed by atoms with Crippen molar-refractivity contribution >= 4 is 17.7 Å². The molecule has 3 heteroatoms. The maximum atomic E-state index is 10.4. The summed E-state index contributed by atoms with van der Waals surface area (Å²) in [7, 11) is 0. The maximum absolute atomic E-state index is 10.4. The number of benzene rings is 1. The lowest BCUT2D eigenvalue weighted by Crippen LogP contribution is -2.17. The van der Waals surface area contributed by atoms with Crippen molar-refractivity contribution in [3.05, 3.63) is 35.9 Å². The summed E-state index contributed by atoms with van der Waals surface area (Å²) in [5, 5.41) is 8.56. The van der Waals surface area contributed by atoms with Crippen LogP contribution < -0.4 is 4.90 Å². The third-order valence-corrected chi connectivity index (χ3v) is 2.94. The van der Waals surface area contributed by atoms with Crippen LogP contribution in [0.25, 0.3) is 6.08 Å². The highest BCUT2D eigenvalue weighted by atomic mass is 16.4. The average Bonchev–Trinajstić information content (AvgIpc) is 2.82. The molecule has 0 aliphatic carbocycles. The summed E-state index contributed by atoms with van der Waals surface area (Å²) in [6.45, 7) is 2.25. The molecule has 1 aromatic carbocycles. The van der Waals surface area contributed by atoms with Gasteiger partial charge in [-0.25, -0.2) is 0 Å². The van der Waals surface area contributed by atoms with Crippen molar-refractivity contribution in [1.82, 2.24) is 0 Å². The predicted octanol–water partition coefficient (Wildman–Crippen LogP) is 2.77. The highest BCUT2D eigenvalue weighted by Crippen LogP contribution is 2.21. The Morgan fingerprint density at radius 1 is 1.35 bits per heavy atom. The fourth-order valence-electron chi connectivity index (χ4n) is 2.10. The van der Waals surface area contributed by atoms with Gasteiger partial charge < -0.3 is 10.0 Å². The molecule has 1 aromatic rings. The van der Waals surface area contributed by atoms with E-state index in [1.807, 2.05) is 18.2 Å². The first-order valence-electron chi connectivity index (χ1n) is 5.99. The van der Waals surface area contributed by atoms with Gasteiger partial charge in [-0.3, -0.25) is 4.79 Å².